The largest absolute Gasteiger partial charge is 0.494 e. The maximum absolute atomic E-state index is 11.2. The molecule has 21 heavy (non-hydrogen) atoms. The van der Waals surface area contributed by atoms with Crippen molar-refractivity contribution >= 4 is 5.97 Å². The fraction of sp³-hybridized carbons (Fsp3) is 0.400. The normalized spacial score (nSPS) is 10.9. The summed E-state index contributed by atoms with van der Waals surface area (Å²) >= 11 is 0. The average molecular weight is 289 g/mol. The molecule has 1 heterocycles. The van der Waals surface area contributed by atoms with Crippen LogP contribution in [0.3, 0.4) is 0 Å². The Bertz CT molecular complexity index is 635. The van der Waals surface area contributed by atoms with E-state index in [0.29, 0.717) is 18.8 Å². The minimum absolute atomic E-state index is 0.0129. The van der Waals surface area contributed by atoms with Gasteiger partial charge in [-0.05, 0) is 18.9 Å². The van der Waals surface area contributed by atoms with Crippen LogP contribution in [0.4, 0.5) is 0 Å². The molecule has 112 valence electrons. The van der Waals surface area contributed by atoms with Gasteiger partial charge in [0.2, 0.25) is 0 Å². The van der Waals surface area contributed by atoms with Crippen LogP contribution in [0.15, 0.2) is 24.3 Å². The first-order valence-electron chi connectivity index (χ1n) is 6.92. The van der Waals surface area contributed by atoms with Gasteiger partial charge in [0.05, 0.1) is 18.8 Å². The van der Waals surface area contributed by atoms with E-state index in [1.165, 1.54) is 0 Å². The molecule has 0 saturated heterocycles. The van der Waals surface area contributed by atoms with E-state index in [4.69, 9.17) is 4.74 Å². The summed E-state index contributed by atoms with van der Waals surface area (Å²) < 4.78 is 7.22. The van der Waals surface area contributed by atoms with Crippen molar-refractivity contribution in [3.63, 3.8) is 0 Å². The summed E-state index contributed by atoms with van der Waals surface area (Å²) in [7, 11) is 0. The Balaban J connectivity index is 2.38. The molecule has 0 atom stereocenters. The molecule has 0 fully saturated rings. The molecule has 1 aromatic carbocycles. The molecule has 0 amide bonds. The van der Waals surface area contributed by atoms with Gasteiger partial charge in [0.1, 0.15) is 5.75 Å². The second-order valence-corrected chi connectivity index (χ2v) is 4.98. The number of rotatable bonds is 6. The molecule has 6 heteroatoms. The van der Waals surface area contributed by atoms with Crippen molar-refractivity contribution in [3.05, 3.63) is 41.2 Å². The zero-order chi connectivity index (χ0) is 15.4. The number of carbonyl (C=O) groups is 1. The molecule has 0 spiro atoms. The van der Waals surface area contributed by atoms with Crippen molar-refractivity contribution in [1.29, 1.82) is 0 Å². The van der Waals surface area contributed by atoms with Gasteiger partial charge in [-0.25, -0.2) is 9.48 Å². The van der Waals surface area contributed by atoms with Crippen LogP contribution in [0.2, 0.25) is 0 Å². The third kappa shape index (κ3) is 3.21. The van der Waals surface area contributed by atoms with Crippen LogP contribution >= 0.6 is 0 Å². The van der Waals surface area contributed by atoms with E-state index in [9.17, 15) is 9.90 Å². The number of aromatic carboxylic acids is 1. The number of nitrogens with zero attached hydrogens (tertiary/aromatic N) is 3. The number of para-hydroxylation sites is 1. The lowest BCUT2D eigenvalue weighted by Gasteiger charge is -2.13. The number of carboxylic acids is 1. The summed E-state index contributed by atoms with van der Waals surface area (Å²) in [5.41, 5.74) is 1.58. The Hall–Kier alpha value is -2.37. The second kappa shape index (κ2) is 6.39. The van der Waals surface area contributed by atoms with Crippen molar-refractivity contribution in [2.45, 2.75) is 33.2 Å². The van der Waals surface area contributed by atoms with Gasteiger partial charge < -0.3 is 9.84 Å². The lowest BCUT2D eigenvalue weighted by Crippen LogP contribution is -2.11. The van der Waals surface area contributed by atoms with E-state index >= 15 is 0 Å². The van der Waals surface area contributed by atoms with Crippen LogP contribution in [0, 0.1) is 0 Å². The number of ether oxygens (including phenoxy) is 1. The summed E-state index contributed by atoms with van der Waals surface area (Å²) in [6.45, 7) is 6.79. The third-order valence-electron chi connectivity index (χ3n) is 3.12. The highest BCUT2D eigenvalue weighted by Gasteiger charge is 2.22. The zero-order valence-electron chi connectivity index (χ0n) is 12.4. The monoisotopic (exact) mass is 289 g/mol. The standard InChI is InChI=1S/C15H19N3O3/c1-4-21-12-8-6-5-7-11(12)9-18-14(10(2)3)13(15(19)20)16-17-18/h5-8,10H,4,9H2,1-3H3,(H,19,20). The van der Waals surface area contributed by atoms with E-state index in [1.807, 2.05) is 45.0 Å². The van der Waals surface area contributed by atoms with Crippen LogP contribution < -0.4 is 4.74 Å². The minimum atomic E-state index is -1.05. The second-order valence-electron chi connectivity index (χ2n) is 4.98. The molecule has 0 bridgehead atoms. The first-order valence-corrected chi connectivity index (χ1v) is 6.92. The predicted molar refractivity (Wildman–Crippen MR) is 77.8 cm³/mol. The van der Waals surface area contributed by atoms with Crippen LogP contribution in [0.25, 0.3) is 0 Å². The molecule has 2 rings (SSSR count). The Labute approximate surface area is 123 Å². The lowest BCUT2D eigenvalue weighted by molar-refractivity contribution is 0.0688. The number of hydrogen-bond acceptors (Lipinski definition) is 4. The number of benzene rings is 1. The van der Waals surface area contributed by atoms with Crippen LogP contribution in [0.5, 0.6) is 5.75 Å². The topological polar surface area (TPSA) is 77.2 Å². The molecular formula is C15H19N3O3. The number of hydrogen-bond donors (Lipinski definition) is 1. The molecule has 0 unspecified atom stereocenters. The van der Waals surface area contributed by atoms with Crippen LogP contribution in [-0.2, 0) is 6.54 Å². The SMILES string of the molecule is CCOc1ccccc1Cn1nnc(C(=O)O)c1C(C)C. The van der Waals surface area contributed by atoms with Crippen molar-refractivity contribution in [1.82, 2.24) is 15.0 Å². The molecule has 0 radical (unpaired) electrons. The van der Waals surface area contributed by atoms with Crippen LogP contribution in [-0.4, -0.2) is 32.7 Å². The number of carboxylic acid groups (broad SMARTS) is 1. The maximum Gasteiger partial charge on any atom is 0.358 e. The molecule has 0 saturated carbocycles. The highest BCUT2D eigenvalue weighted by Crippen LogP contribution is 2.23. The predicted octanol–water partition coefficient (Wildman–Crippen LogP) is 2.55. The van der Waals surface area contributed by atoms with E-state index < -0.39 is 5.97 Å². The Kier molecular flexibility index (Phi) is 4.57. The van der Waals surface area contributed by atoms with Gasteiger partial charge in [-0.2, -0.15) is 0 Å². The maximum atomic E-state index is 11.2. The molecule has 0 aliphatic carbocycles. The van der Waals surface area contributed by atoms with Crippen molar-refractivity contribution < 1.29 is 14.6 Å². The van der Waals surface area contributed by atoms with Crippen LogP contribution in [0.1, 0.15) is 48.4 Å². The van der Waals surface area contributed by atoms with E-state index in [0.717, 1.165) is 11.3 Å². The highest BCUT2D eigenvalue weighted by molar-refractivity contribution is 5.86. The fourth-order valence-corrected chi connectivity index (χ4v) is 2.25. The lowest BCUT2D eigenvalue weighted by atomic mass is 10.1. The quantitative estimate of drug-likeness (QED) is 0.884. The third-order valence-corrected chi connectivity index (χ3v) is 3.12. The Morgan fingerprint density at radius 3 is 2.71 bits per heavy atom. The Morgan fingerprint density at radius 2 is 2.10 bits per heavy atom. The highest BCUT2D eigenvalue weighted by atomic mass is 16.5. The molecular weight excluding hydrogens is 270 g/mol. The smallest absolute Gasteiger partial charge is 0.358 e. The molecule has 0 aliphatic heterocycles. The van der Waals surface area contributed by atoms with Gasteiger partial charge in [-0.1, -0.05) is 37.3 Å². The molecule has 2 aromatic rings. The fourth-order valence-electron chi connectivity index (χ4n) is 2.25. The Morgan fingerprint density at radius 1 is 1.38 bits per heavy atom. The van der Waals surface area contributed by atoms with E-state index in [2.05, 4.69) is 10.3 Å². The zero-order valence-corrected chi connectivity index (χ0v) is 12.4. The van der Waals surface area contributed by atoms with E-state index in [1.54, 1.807) is 4.68 Å². The summed E-state index contributed by atoms with van der Waals surface area (Å²) in [6, 6.07) is 7.66. The van der Waals surface area contributed by atoms with Crippen molar-refractivity contribution in [2.24, 2.45) is 0 Å². The van der Waals surface area contributed by atoms with Gasteiger partial charge in [-0.3, -0.25) is 0 Å². The average Bonchev–Trinajstić information content (AvgIpc) is 2.85. The molecule has 6 nitrogen and oxygen atoms in total. The summed E-state index contributed by atoms with van der Waals surface area (Å²) in [5.74, 6) is -0.254. The molecule has 0 aliphatic rings. The van der Waals surface area contributed by atoms with Gasteiger partial charge in [0, 0.05) is 5.56 Å². The first-order chi connectivity index (χ1) is 10.0. The van der Waals surface area contributed by atoms with Gasteiger partial charge >= 0.3 is 5.97 Å². The first kappa shape index (κ1) is 15.0. The van der Waals surface area contributed by atoms with Gasteiger partial charge in [-0.15, -0.1) is 5.10 Å². The van der Waals surface area contributed by atoms with E-state index in [-0.39, 0.29) is 11.6 Å². The molecule has 1 N–H and O–H groups in total. The summed E-state index contributed by atoms with van der Waals surface area (Å²) in [5, 5.41) is 17.0. The molecule has 1 aromatic heterocycles. The summed E-state index contributed by atoms with van der Waals surface area (Å²) in [4.78, 5) is 11.2. The van der Waals surface area contributed by atoms with Gasteiger partial charge in [0.25, 0.3) is 0 Å². The van der Waals surface area contributed by atoms with Gasteiger partial charge in [0.15, 0.2) is 5.69 Å². The van der Waals surface area contributed by atoms with Crippen molar-refractivity contribution in [3.8, 4) is 5.75 Å². The van der Waals surface area contributed by atoms with Crippen molar-refractivity contribution in [2.75, 3.05) is 6.61 Å². The summed E-state index contributed by atoms with van der Waals surface area (Å²) in [6.07, 6.45) is 0. The minimum Gasteiger partial charge on any atom is -0.494 e. The number of aromatic nitrogens is 3.